The molecule has 1 heterocycles. The number of H-pyrrole nitrogens is 1. The van der Waals surface area contributed by atoms with Crippen LogP contribution in [0.3, 0.4) is 0 Å². The molecule has 0 unspecified atom stereocenters. The largest absolute Gasteiger partial charge is 0.465 e. The van der Waals surface area contributed by atoms with Gasteiger partial charge in [0, 0.05) is 28.7 Å². The maximum absolute atomic E-state index is 10.6. The molecular formula is C18H18N2O2. The first kappa shape index (κ1) is 14.2. The van der Waals surface area contributed by atoms with Crippen molar-refractivity contribution in [2.24, 2.45) is 0 Å². The van der Waals surface area contributed by atoms with Crippen LogP contribution in [0, 0.1) is 13.8 Å². The summed E-state index contributed by atoms with van der Waals surface area (Å²) in [6, 6.07) is 14.3. The van der Waals surface area contributed by atoms with Gasteiger partial charge in [0.25, 0.3) is 0 Å². The van der Waals surface area contributed by atoms with Crippen molar-refractivity contribution in [1.29, 1.82) is 0 Å². The summed E-state index contributed by atoms with van der Waals surface area (Å²) in [7, 11) is 0. The number of aromatic amines is 1. The van der Waals surface area contributed by atoms with Gasteiger partial charge in [-0.1, -0.05) is 30.3 Å². The third kappa shape index (κ3) is 2.55. The molecule has 0 radical (unpaired) electrons. The topological polar surface area (TPSA) is 65.1 Å². The van der Waals surface area contributed by atoms with Crippen molar-refractivity contribution in [1.82, 2.24) is 10.3 Å². The Balaban J connectivity index is 2.06. The van der Waals surface area contributed by atoms with Gasteiger partial charge in [-0.25, -0.2) is 4.79 Å². The number of hydrogen-bond acceptors (Lipinski definition) is 1. The van der Waals surface area contributed by atoms with Crippen molar-refractivity contribution >= 4 is 17.0 Å². The molecule has 4 heteroatoms. The summed E-state index contributed by atoms with van der Waals surface area (Å²) in [5.41, 5.74) is 6.74. The molecule has 0 saturated carbocycles. The van der Waals surface area contributed by atoms with Gasteiger partial charge in [-0.3, -0.25) is 0 Å². The molecule has 22 heavy (non-hydrogen) atoms. The fourth-order valence-electron chi connectivity index (χ4n) is 2.78. The van der Waals surface area contributed by atoms with E-state index in [9.17, 15) is 4.79 Å². The quantitative estimate of drug-likeness (QED) is 0.677. The summed E-state index contributed by atoms with van der Waals surface area (Å²) in [6.45, 7) is 4.51. The van der Waals surface area contributed by atoms with E-state index in [4.69, 9.17) is 5.11 Å². The van der Waals surface area contributed by atoms with Crippen molar-refractivity contribution in [2.45, 2.75) is 20.4 Å². The van der Waals surface area contributed by atoms with Crippen LogP contribution in [-0.2, 0) is 6.54 Å². The second-order valence-electron chi connectivity index (χ2n) is 5.48. The van der Waals surface area contributed by atoms with Crippen LogP contribution in [0.25, 0.3) is 22.2 Å². The molecule has 0 aliphatic heterocycles. The van der Waals surface area contributed by atoms with Gasteiger partial charge in [0.1, 0.15) is 0 Å². The average Bonchev–Trinajstić information content (AvgIpc) is 2.82. The highest BCUT2D eigenvalue weighted by Crippen LogP contribution is 2.31. The van der Waals surface area contributed by atoms with E-state index < -0.39 is 6.09 Å². The van der Waals surface area contributed by atoms with Crippen molar-refractivity contribution < 1.29 is 9.90 Å². The molecule has 4 nitrogen and oxygen atoms in total. The molecule has 0 atom stereocenters. The smallest absolute Gasteiger partial charge is 0.404 e. The van der Waals surface area contributed by atoms with E-state index in [-0.39, 0.29) is 0 Å². The highest BCUT2D eigenvalue weighted by Gasteiger charge is 2.11. The Kier molecular flexibility index (Phi) is 3.59. The van der Waals surface area contributed by atoms with E-state index in [2.05, 4.69) is 36.3 Å². The lowest BCUT2D eigenvalue weighted by Crippen LogP contribution is -2.19. The average molecular weight is 294 g/mol. The number of amides is 1. The first-order chi connectivity index (χ1) is 10.6. The van der Waals surface area contributed by atoms with Gasteiger partial charge >= 0.3 is 6.09 Å². The van der Waals surface area contributed by atoms with Crippen LogP contribution in [-0.4, -0.2) is 16.2 Å². The Hall–Kier alpha value is -2.75. The minimum atomic E-state index is -1.01. The highest BCUT2D eigenvalue weighted by atomic mass is 16.4. The summed E-state index contributed by atoms with van der Waals surface area (Å²) >= 11 is 0. The van der Waals surface area contributed by atoms with Gasteiger partial charge in [-0.15, -0.1) is 0 Å². The second-order valence-corrected chi connectivity index (χ2v) is 5.48. The van der Waals surface area contributed by atoms with E-state index in [1.807, 2.05) is 30.3 Å². The number of benzene rings is 2. The van der Waals surface area contributed by atoms with Crippen molar-refractivity contribution in [2.75, 3.05) is 0 Å². The molecule has 0 aliphatic rings. The monoisotopic (exact) mass is 294 g/mol. The Morgan fingerprint density at radius 1 is 1.18 bits per heavy atom. The zero-order valence-corrected chi connectivity index (χ0v) is 12.6. The third-order valence-corrected chi connectivity index (χ3v) is 3.98. The van der Waals surface area contributed by atoms with E-state index in [1.54, 1.807) is 0 Å². The molecule has 112 valence electrons. The molecule has 0 aliphatic carbocycles. The number of carboxylic acid groups (broad SMARTS) is 1. The fraction of sp³-hybridized carbons (Fsp3) is 0.167. The minimum Gasteiger partial charge on any atom is -0.465 e. The summed E-state index contributed by atoms with van der Waals surface area (Å²) < 4.78 is 0. The van der Waals surface area contributed by atoms with Crippen LogP contribution >= 0.6 is 0 Å². The fourth-order valence-corrected chi connectivity index (χ4v) is 2.78. The maximum Gasteiger partial charge on any atom is 0.404 e. The normalized spacial score (nSPS) is 10.8. The molecule has 2 aromatic carbocycles. The molecule has 0 saturated heterocycles. The maximum atomic E-state index is 10.6. The Morgan fingerprint density at radius 2 is 1.95 bits per heavy atom. The number of fused-ring (bicyclic) bond motifs is 1. The van der Waals surface area contributed by atoms with Crippen LogP contribution < -0.4 is 5.32 Å². The van der Waals surface area contributed by atoms with Gasteiger partial charge in [-0.05, 0) is 42.7 Å². The van der Waals surface area contributed by atoms with Crippen LogP contribution in [0.2, 0.25) is 0 Å². The lowest BCUT2D eigenvalue weighted by atomic mass is 10.0. The van der Waals surface area contributed by atoms with Gasteiger partial charge in [-0.2, -0.15) is 0 Å². The van der Waals surface area contributed by atoms with Gasteiger partial charge in [0.2, 0.25) is 0 Å². The van der Waals surface area contributed by atoms with Gasteiger partial charge in [0.15, 0.2) is 0 Å². The molecule has 0 spiro atoms. The predicted octanol–water partition coefficient (Wildman–Crippen LogP) is 4.22. The van der Waals surface area contributed by atoms with Crippen LogP contribution in [0.4, 0.5) is 4.79 Å². The SMILES string of the molecule is Cc1ccccc1-c1[nH]c2ccc(CNC(=O)O)cc2c1C. The minimum absolute atomic E-state index is 0.315. The number of nitrogens with one attached hydrogen (secondary N) is 2. The second kappa shape index (κ2) is 5.56. The number of aryl methyl sites for hydroxylation is 2. The lowest BCUT2D eigenvalue weighted by molar-refractivity contribution is 0.194. The van der Waals surface area contributed by atoms with Gasteiger partial charge < -0.3 is 15.4 Å². The first-order valence-corrected chi connectivity index (χ1v) is 7.20. The lowest BCUT2D eigenvalue weighted by Gasteiger charge is -2.04. The van der Waals surface area contributed by atoms with E-state index in [0.717, 1.165) is 22.2 Å². The summed E-state index contributed by atoms with van der Waals surface area (Å²) in [5, 5.41) is 12.2. The summed E-state index contributed by atoms with van der Waals surface area (Å²) in [4.78, 5) is 14.1. The summed E-state index contributed by atoms with van der Waals surface area (Å²) in [5.74, 6) is 0. The molecule has 3 N–H and O–H groups in total. The summed E-state index contributed by atoms with van der Waals surface area (Å²) in [6.07, 6.45) is -1.01. The zero-order chi connectivity index (χ0) is 15.7. The third-order valence-electron chi connectivity index (χ3n) is 3.98. The number of aromatic nitrogens is 1. The Morgan fingerprint density at radius 3 is 2.68 bits per heavy atom. The predicted molar refractivity (Wildman–Crippen MR) is 88.1 cm³/mol. The van der Waals surface area contributed by atoms with Crippen LogP contribution in [0.15, 0.2) is 42.5 Å². The van der Waals surface area contributed by atoms with Crippen molar-refractivity contribution in [3.63, 3.8) is 0 Å². The van der Waals surface area contributed by atoms with Crippen molar-refractivity contribution in [3.8, 4) is 11.3 Å². The molecule has 3 rings (SSSR count). The van der Waals surface area contributed by atoms with Crippen molar-refractivity contribution in [3.05, 3.63) is 59.2 Å². The molecule has 1 amide bonds. The standard InChI is InChI=1S/C18H18N2O2/c1-11-5-3-4-6-14(11)17-12(2)15-9-13(10-19-18(21)22)7-8-16(15)20-17/h3-9,19-20H,10H2,1-2H3,(H,21,22). The zero-order valence-electron chi connectivity index (χ0n) is 12.6. The van der Waals surface area contributed by atoms with Gasteiger partial charge in [0.05, 0.1) is 0 Å². The first-order valence-electron chi connectivity index (χ1n) is 7.20. The van der Waals surface area contributed by atoms with E-state index >= 15 is 0 Å². The molecule has 3 aromatic rings. The molecule has 1 aromatic heterocycles. The molecular weight excluding hydrogens is 276 g/mol. The number of rotatable bonds is 3. The van der Waals surface area contributed by atoms with E-state index in [1.165, 1.54) is 16.7 Å². The van der Waals surface area contributed by atoms with Crippen LogP contribution in [0.5, 0.6) is 0 Å². The Bertz CT molecular complexity index is 849. The highest BCUT2D eigenvalue weighted by molar-refractivity contribution is 5.91. The van der Waals surface area contributed by atoms with E-state index in [0.29, 0.717) is 6.54 Å². The molecule has 0 fully saturated rings. The van der Waals surface area contributed by atoms with Crippen LogP contribution in [0.1, 0.15) is 16.7 Å². The molecule has 0 bridgehead atoms. The Labute approximate surface area is 128 Å². The number of hydrogen-bond donors (Lipinski definition) is 3. The number of carbonyl (C=O) groups is 1.